The van der Waals surface area contributed by atoms with E-state index in [0.29, 0.717) is 38.8 Å². The van der Waals surface area contributed by atoms with E-state index in [2.05, 4.69) is 15.7 Å². The van der Waals surface area contributed by atoms with E-state index in [1.165, 1.54) is 0 Å². The van der Waals surface area contributed by atoms with Gasteiger partial charge in [-0.3, -0.25) is 9.48 Å². The van der Waals surface area contributed by atoms with Crippen molar-refractivity contribution in [2.75, 3.05) is 13.1 Å². The molecule has 1 aromatic heterocycles. The lowest BCUT2D eigenvalue weighted by atomic mass is 9.83. The largest absolute Gasteiger partial charge is 0.391 e. The molecule has 24 heavy (non-hydrogen) atoms. The highest BCUT2D eigenvalue weighted by atomic mass is 19.4. The van der Waals surface area contributed by atoms with Gasteiger partial charge in [0.25, 0.3) is 0 Å². The van der Waals surface area contributed by atoms with Gasteiger partial charge in [-0.15, -0.1) is 0 Å². The van der Waals surface area contributed by atoms with Gasteiger partial charge in [-0.05, 0) is 51.3 Å². The van der Waals surface area contributed by atoms with E-state index in [9.17, 15) is 18.0 Å². The second-order valence-electron chi connectivity index (χ2n) is 6.81. The Morgan fingerprint density at radius 1 is 1.29 bits per heavy atom. The summed E-state index contributed by atoms with van der Waals surface area (Å²) in [7, 11) is 0. The standard InChI is InChI=1S/C16H23F3N4O/c17-16(18,19)12-3-1-4-13(11-12)22-14(24)15(5-8-20-9-6-15)23-10-2-7-21-23/h2,7,10,12-13,20H,1,3-6,8-9,11H2,(H,22,24). The summed E-state index contributed by atoms with van der Waals surface area (Å²) in [6.45, 7) is 1.37. The summed E-state index contributed by atoms with van der Waals surface area (Å²) in [5.74, 6) is -1.52. The number of carbonyl (C=O) groups excluding carboxylic acids is 1. The predicted molar refractivity (Wildman–Crippen MR) is 82.2 cm³/mol. The average Bonchev–Trinajstić information content (AvgIpc) is 3.10. The first-order valence-electron chi connectivity index (χ1n) is 8.50. The van der Waals surface area contributed by atoms with Gasteiger partial charge in [0.1, 0.15) is 5.54 Å². The van der Waals surface area contributed by atoms with Crippen LogP contribution in [-0.2, 0) is 10.3 Å². The van der Waals surface area contributed by atoms with Crippen LogP contribution in [0.25, 0.3) is 0 Å². The number of hydrogen-bond donors (Lipinski definition) is 2. The maximum atomic E-state index is 13.0. The molecule has 0 aromatic carbocycles. The summed E-state index contributed by atoms with van der Waals surface area (Å²) < 4.78 is 40.6. The maximum absolute atomic E-state index is 13.0. The van der Waals surface area contributed by atoms with E-state index < -0.39 is 23.7 Å². The smallest absolute Gasteiger partial charge is 0.351 e. The number of hydrogen-bond acceptors (Lipinski definition) is 3. The fourth-order valence-electron chi connectivity index (χ4n) is 3.86. The van der Waals surface area contributed by atoms with Crippen LogP contribution in [0.15, 0.2) is 18.5 Å². The molecule has 1 saturated carbocycles. The second kappa shape index (κ2) is 6.74. The molecule has 0 bridgehead atoms. The van der Waals surface area contributed by atoms with Crippen molar-refractivity contribution in [3.63, 3.8) is 0 Å². The van der Waals surface area contributed by atoms with Crippen molar-refractivity contribution in [2.45, 2.75) is 56.3 Å². The lowest BCUT2D eigenvalue weighted by Gasteiger charge is -2.39. The molecule has 1 amide bonds. The molecule has 1 aromatic rings. The lowest BCUT2D eigenvalue weighted by Crippen LogP contribution is -2.57. The fourth-order valence-corrected chi connectivity index (χ4v) is 3.86. The lowest BCUT2D eigenvalue weighted by molar-refractivity contribution is -0.184. The van der Waals surface area contributed by atoms with Crippen LogP contribution in [-0.4, -0.2) is 41.0 Å². The minimum absolute atomic E-state index is 0.0251. The van der Waals surface area contributed by atoms with E-state index in [1.807, 2.05) is 0 Å². The molecule has 3 rings (SSSR count). The molecule has 2 aliphatic rings. The predicted octanol–water partition coefficient (Wildman–Crippen LogP) is 2.20. The van der Waals surface area contributed by atoms with Gasteiger partial charge in [0.15, 0.2) is 0 Å². The Labute approximate surface area is 139 Å². The summed E-state index contributed by atoms with van der Waals surface area (Å²) in [6.07, 6.45) is 1.58. The van der Waals surface area contributed by atoms with E-state index in [0.717, 1.165) is 0 Å². The molecule has 1 aliphatic carbocycles. The van der Waals surface area contributed by atoms with Gasteiger partial charge < -0.3 is 10.6 Å². The van der Waals surface area contributed by atoms with Crippen molar-refractivity contribution in [3.8, 4) is 0 Å². The minimum atomic E-state index is -4.18. The SMILES string of the molecule is O=C(NC1CCCC(C(F)(F)F)C1)C1(n2cccn2)CCNCC1. The first-order valence-corrected chi connectivity index (χ1v) is 8.50. The molecule has 2 N–H and O–H groups in total. The third-order valence-electron chi connectivity index (χ3n) is 5.27. The summed E-state index contributed by atoms with van der Waals surface area (Å²) in [5, 5.41) is 10.3. The zero-order valence-electron chi connectivity index (χ0n) is 13.5. The van der Waals surface area contributed by atoms with Crippen LogP contribution in [0.2, 0.25) is 0 Å². The Hall–Kier alpha value is -1.57. The number of nitrogens with zero attached hydrogens (tertiary/aromatic N) is 2. The Kier molecular flexibility index (Phi) is 4.85. The minimum Gasteiger partial charge on any atom is -0.351 e. The van der Waals surface area contributed by atoms with Crippen molar-refractivity contribution in [3.05, 3.63) is 18.5 Å². The molecule has 2 atom stereocenters. The summed E-state index contributed by atoms with van der Waals surface area (Å²) in [6, 6.07) is 1.34. The number of carbonyl (C=O) groups is 1. The first kappa shape index (κ1) is 17.3. The van der Waals surface area contributed by atoms with Gasteiger partial charge in [0.05, 0.1) is 5.92 Å². The van der Waals surface area contributed by atoms with Gasteiger partial charge in [-0.2, -0.15) is 18.3 Å². The van der Waals surface area contributed by atoms with Crippen LogP contribution in [0.5, 0.6) is 0 Å². The number of halogens is 3. The summed E-state index contributed by atoms with van der Waals surface area (Å²) >= 11 is 0. The highest BCUT2D eigenvalue weighted by Gasteiger charge is 2.45. The zero-order chi connectivity index (χ0) is 17.2. The van der Waals surface area contributed by atoms with Crippen molar-refractivity contribution in [1.82, 2.24) is 20.4 Å². The molecule has 2 heterocycles. The molecule has 2 fully saturated rings. The number of amides is 1. The van der Waals surface area contributed by atoms with Crippen molar-refractivity contribution < 1.29 is 18.0 Å². The van der Waals surface area contributed by atoms with E-state index in [4.69, 9.17) is 0 Å². The number of nitrogens with one attached hydrogen (secondary N) is 2. The highest BCUT2D eigenvalue weighted by Crippen LogP contribution is 2.38. The Morgan fingerprint density at radius 2 is 2.04 bits per heavy atom. The van der Waals surface area contributed by atoms with Gasteiger partial charge >= 0.3 is 6.18 Å². The van der Waals surface area contributed by atoms with Crippen molar-refractivity contribution in [1.29, 1.82) is 0 Å². The zero-order valence-corrected chi connectivity index (χ0v) is 13.5. The third kappa shape index (κ3) is 3.43. The normalized spacial score (nSPS) is 27.6. The average molecular weight is 344 g/mol. The molecular formula is C16H23F3N4O. The number of rotatable bonds is 3. The van der Waals surface area contributed by atoms with Crippen molar-refractivity contribution in [2.24, 2.45) is 5.92 Å². The summed E-state index contributed by atoms with van der Waals surface area (Å²) in [4.78, 5) is 13.0. The van der Waals surface area contributed by atoms with Crippen LogP contribution in [0.4, 0.5) is 13.2 Å². The number of alkyl halides is 3. The maximum Gasteiger partial charge on any atom is 0.391 e. The third-order valence-corrected chi connectivity index (χ3v) is 5.27. The van der Waals surface area contributed by atoms with Gasteiger partial charge in [-0.1, -0.05) is 6.42 Å². The molecule has 1 aliphatic heterocycles. The van der Waals surface area contributed by atoms with Crippen LogP contribution in [0.1, 0.15) is 38.5 Å². The summed E-state index contributed by atoms with van der Waals surface area (Å²) in [5.41, 5.74) is -0.806. The highest BCUT2D eigenvalue weighted by molar-refractivity contribution is 5.84. The second-order valence-corrected chi connectivity index (χ2v) is 6.81. The van der Waals surface area contributed by atoms with E-state index in [1.54, 1.807) is 23.1 Å². The fraction of sp³-hybridized carbons (Fsp3) is 0.750. The molecule has 2 unspecified atom stereocenters. The Morgan fingerprint density at radius 3 is 2.67 bits per heavy atom. The van der Waals surface area contributed by atoms with Crippen LogP contribution >= 0.6 is 0 Å². The van der Waals surface area contributed by atoms with Gasteiger partial charge in [0.2, 0.25) is 5.91 Å². The first-order chi connectivity index (χ1) is 11.4. The van der Waals surface area contributed by atoms with Gasteiger partial charge in [0, 0.05) is 18.4 Å². The number of aromatic nitrogens is 2. The topological polar surface area (TPSA) is 59.0 Å². The van der Waals surface area contributed by atoms with Gasteiger partial charge in [-0.25, -0.2) is 0 Å². The Bertz CT molecular complexity index is 552. The van der Waals surface area contributed by atoms with Crippen LogP contribution in [0.3, 0.4) is 0 Å². The molecule has 134 valence electrons. The Balaban J connectivity index is 1.72. The quantitative estimate of drug-likeness (QED) is 0.884. The molecular weight excluding hydrogens is 321 g/mol. The molecule has 1 saturated heterocycles. The molecule has 5 nitrogen and oxygen atoms in total. The number of piperidine rings is 1. The molecule has 0 radical (unpaired) electrons. The van der Waals surface area contributed by atoms with E-state index >= 15 is 0 Å². The monoisotopic (exact) mass is 344 g/mol. The van der Waals surface area contributed by atoms with Crippen LogP contribution in [0, 0.1) is 5.92 Å². The van der Waals surface area contributed by atoms with Crippen molar-refractivity contribution >= 4 is 5.91 Å². The van der Waals surface area contributed by atoms with Crippen LogP contribution < -0.4 is 10.6 Å². The van der Waals surface area contributed by atoms with E-state index in [-0.39, 0.29) is 18.7 Å². The molecule has 8 heteroatoms. The molecule has 0 spiro atoms.